The summed E-state index contributed by atoms with van der Waals surface area (Å²) in [6.07, 6.45) is 5.07. The molecule has 0 unspecified atom stereocenters. The minimum Gasteiger partial charge on any atom is -0.490 e. The predicted octanol–water partition coefficient (Wildman–Crippen LogP) is 4.71. The largest absolute Gasteiger partial charge is 0.490 e. The summed E-state index contributed by atoms with van der Waals surface area (Å²) >= 11 is 0. The molecule has 188 valence electrons. The summed E-state index contributed by atoms with van der Waals surface area (Å²) in [5.41, 5.74) is 1.56. The lowest BCUT2D eigenvalue weighted by molar-refractivity contribution is 0.0738. The lowest BCUT2D eigenvalue weighted by Gasteiger charge is -2.29. The lowest BCUT2D eigenvalue weighted by atomic mass is 10.1. The predicted molar refractivity (Wildman–Crippen MR) is 137 cm³/mol. The van der Waals surface area contributed by atoms with Crippen LogP contribution in [0.1, 0.15) is 37.9 Å². The number of pyridine rings is 1. The maximum absolute atomic E-state index is 14.7. The number of nitrogens with one attached hydrogen (secondary N) is 1. The summed E-state index contributed by atoms with van der Waals surface area (Å²) in [7, 11) is 2.13. The third-order valence-electron chi connectivity index (χ3n) is 6.49. The molecular formula is C27H31FN6O2. The van der Waals surface area contributed by atoms with Crippen LogP contribution in [0.25, 0.3) is 16.9 Å². The minimum atomic E-state index is -1.12. The van der Waals surface area contributed by atoms with Crippen LogP contribution in [0.4, 0.5) is 16.0 Å². The van der Waals surface area contributed by atoms with Gasteiger partial charge in [-0.3, -0.25) is 4.57 Å². The molecule has 0 radical (unpaired) electrons. The molecule has 5 rings (SSSR count). The molecule has 0 spiro atoms. The highest BCUT2D eigenvalue weighted by molar-refractivity contribution is 5.79. The SMILES string of the molecule is Cc1cc(Nc2ncc3c(F)cn(-c4cccc(C(C)(C)O)n4)c3n2)ccc1OC1CCN(C)CC1. The number of ether oxygens (including phenoxy) is 1. The van der Waals surface area contributed by atoms with Crippen molar-refractivity contribution in [1.82, 2.24) is 24.4 Å². The van der Waals surface area contributed by atoms with Crippen molar-refractivity contribution in [2.24, 2.45) is 0 Å². The first-order valence-electron chi connectivity index (χ1n) is 12.1. The van der Waals surface area contributed by atoms with Crippen molar-refractivity contribution in [2.45, 2.75) is 45.3 Å². The van der Waals surface area contributed by atoms with E-state index in [-0.39, 0.29) is 11.5 Å². The maximum Gasteiger partial charge on any atom is 0.229 e. The number of likely N-dealkylation sites (tertiary alicyclic amines) is 1. The molecule has 0 amide bonds. The summed E-state index contributed by atoms with van der Waals surface area (Å²) in [5, 5.41) is 13.8. The monoisotopic (exact) mass is 490 g/mol. The van der Waals surface area contributed by atoms with Gasteiger partial charge in [-0.15, -0.1) is 0 Å². The van der Waals surface area contributed by atoms with Crippen LogP contribution in [0.2, 0.25) is 0 Å². The third-order valence-corrected chi connectivity index (χ3v) is 6.49. The van der Waals surface area contributed by atoms with Crippen LogP contribution in [0.15, 0.2) is 48.8 Å². The van der Waals surface area contributed by atoms with Crippen LogP contribution in [-0.2, 0) is 5.60 Å². The fraction of sp³-hybridized carbons (Fsp3) is 0.370. The van der Waals surface area contributed by atoms with Gasteiger partial charge in [-0.1, -0.05) is 6.07 Å². The molecule has 8 nitrogen and oxygen atoms in total. The molecule has 9 heteroatoms. The fourth-order valence-corrected chi connectivity index (χ4v) is 4.37. The number of fused-ring (bicyclic) bond motifs is 1. The second-order valence-electron chi connectivity index (χ2n) is 9.94. The number of nitrogens with zero attached hydrogens (tertiary/aromatic N) is 5. The van der Waals surface area contributed by atoms with E-state index in [1.54, 1.807) is 36.6 Å². The van der Waals surface area contributed by atoms with Crippen LogP contribution in [0.3, 0.4) is 0 Å². The number of aliphatic hydroxyl groups is 1. The van der Waals surface area contributed by atoms with Gasteiger partial charge in [0.2, 0.25) is 5.95 Å². The van der Waals surface area contributed by atoms with Gasteiger partial charge in [-0.25, -0.2) is 14.4 Å². The van der Waals surface area contributed by atoms with E-state index in [4.69, 9.17) is 4.74 Å². The Bertz CT molecular complexity index is 1390. The van der Waals surface area contributed by atoms with Gasteiger partial charge in [0, 0.05) is 31.2 Å². The highest BCUT2D eigenvalue weighted by Crippen LogP contribution is 2.28. The van der Waals surface area contributed by atoms with E-state index < -0.39 is 11.4 Å². The Morgan fingerprint density at radius 2 is 1.92 bits per heavy atom. The molecule has 0 bridgehead atoms. The van der Waals surface area contributed by atoms with Gasteiger partial charge >= 0.3 is 0 Å². The number of rotatable bonds is 6. The number of aryl methyl sites for hydroxylation is 1. The van der Waals surface area contributed by atoms with E-state index in [9.17, 15) is 9.50 Å². The van der Waals surface area contributed by atoms with Gasteiger partial charge in [0.15, 0.2) is 11.5 Å². The van der Waals surface area contributed by atoms with E-state index in [1.807, 2.05) is 25.1 Å². The van der Waals surface area contributed by atoms with Gasteiger partial charge in [0.25, 0.3) is 0 Å². The molecule has 1 fully saturated rings. The Morgan fingerprint density at radius 3 is 2.64 bits per heavy atom. The van der Waals surface area contributed by atoms with Crippen molar-refractivity contribution in [3.63, 3.8) is 0 Å². The Morgan fingerprint density at radius 1 is 1.14 bits per heavy atom. The molecule has 4 aromatic rings. The van der Waals surface area contributed by atoms with Gasteiger partial charge in [0.05, 0.1) is 11.1 Å². The Balaban J connectivity index is 1.39. The zero-order valence-corrected chi connectivity index (χ0v) is 21.0. The molecule has 0 atom stereocenters. The Kier molecular flexibility index (Phi) is 6.36. The third kappa shape index (κ3) is 5.03. The number of aromatic nitrogens is 4. The van der Waals surface area contributed by atoms with Gasteiger partial charge in [-0.05, 0) is 76.6 Å². The van der Waals surface area contributed by atoms with E-state index in [0.717, 1.165) is 42.9 Å². The summed E-state index contributed by atoms with van der Waals surface area (Å²) in [6.45, 7) is 7.42. The smallest absolute Gasteiger partial charge is 0.229 e. The van der Waals surface area contributed by atoms with Crippen LogP contribution in [0.5, 0.6) is 5.75 Å². The molecule has 1 aliphatic rings. The van der Waals surface area contributed by atoms with Crippen molar-refractivity contribution in [3.8, 4) is 11.6 Å². The van der Waals surface area contributed by atoms with Crippen LogP contribution >= 0.6 is 0 Å². The Labute approximate surface area is 209 Å². The maximum atomic E-state index is 14.7. The van der Waals surface area contributed by atoms with E-state index >= 15 is 0 Å². The topological polar surface area (TPSA) is 88.3 Å². The lowest BCUT2D eigenvalue weighted by Crippen LogP contribution is -2.35. The zero-order chi connectivity index (χ0) is 25.4. The quantitative estimate of drug-likeness (QED) is 0.405. The number of benzene rings is 1. The molecule has 2 N–H and O–H groups in total. The highest BCUT2D eigenvalue weighted by Gasteiger charge is 2.21. The molecule has 1 aliphatic heterocycles. The molecule has 0 aliphatic carbocycles. The molecule has 1 saturated heterocycles. The van der Waals surface area contributed by atoms with Crippen molar-refractivity contribution in [1.29, 1.82) is 0 Å². The molecule has 4 heterocycles. The van der Waals surface area contributed by atoms with Gasteiger partial charge in [0.1, 0.15) is 23.3 Å². The van der Waals surface area contributed by atoms with Crippen LogP contribution < -0.4 is 10.1 Å². The Hall–Kier alpha value is -3.56. The number of hydrogen-bond acceptors (Lipinski definition) is 7. The summed E-state index contributed by atoms with van der Waals surface area (Å²) in [4.78, 5) is 15.7. The van der Waals surface area contributed by atoms with E-state index in [1.165, 1.54) is 12.4 Å². The number of hydrogen-bond donors (Lipinski definition) is 2. The van der Waals surface area contributed by atoms with Crippen molar-refractivity contribution >= 4 is 22.7 Å². The van der Waals surface area contributed by atoms with Gasteiger partial charge < -0.3 is 20.1 Å². The molecular weight excluding hydrogens is 459 g/mol. The minimum absolute atomic E-state index is 0.232. The fourth-order valence-electron chi connectivity index (χ4n) is 4.37. The molecule has 1 aromatic carbocycles. The zero-order valence-electron chi connectivity index (χ0n) is 21.0. The average Bonchev–Trinajstić information content (AvgIpc) is 3.17. The number of halogens is 1. The normalized spacial score (nSPS) is 15.4. The van der Waals surface area contributed by atoms with Crippen LogP contribution in [-0.4, -0.2) is 55.8 Å². The molecule has 3 aromatic heterocycles. The van der Waals surface area contributed by atoms with Crippen molar-refractivity contribution in [3.05, 3.63) is 65.9 Å². The van der Waals surface area contributed by atoms with E-state index in [0.29, 0.717) is 23.1 Å². The number of piperidine rings is 1. The van der Waals surface area contributed by atoms with E-state index in [2.05, 4.69) is 32.2 Å². The first-order valence-corrected chi connectivity index (χ1v) is 12.1. The summed E-state index contributed by atoms with van der Waals surface area (Å²) in [5.74, 6) is 1.22. The van der Waals surface area contributed by atoms with Crippen LogP contribution in [0, 0.1) is 12.7 Å². The summed E-state index contributed by atoms with van der Waals surface area (Å²) in [6, 6.07) is 11.1. The molecule has 0 saturated carbocycles. The number of anilines is 2. The summed E-state index contributed by atoms with van der Waals surface area (Å²) < 4.78 is 22.5. The van der Waals surface area contributed by atoms with Crippen molar-refractivity contribution < 1.29 is 14.2 Å². The van der Waals surface area contributed by atoms with Gasteiger partial charge in [-0.2, -0.15) is 4.98 Å². The first kappa shape index (κ1) is 24.1. The second kappa shape index (κ2) is 9.48. The highest BCUT2D eigenvalue weighted by atomic mass is 19.1. The molecule has 36 heavy (non-hydrogen) atoms. The average molecular weight is 491 g/mol. The second-order valence-corrected chi connectivity index (χ2v) is 9.94. The first-order chi connectivity index (χ1) is 17.2. The standard InChI is InChI=1S/C27H31FN6O2/c1-17-14-18(8-9-22(17)36-19-10-12-33(4)13-11-19)30-26-29-15-20-21(28)16-34(25(20)32-26)24-7-5-6-23(31-24)27(2,3)35/h5-9,14-16,19,35H,10-13H2,1-4H3,(H,29,30,32). The van der Waals surface area contributed by atoms with Crippen molar-refractivity contribution in [2.75, 3.05) is 25.5 Å².